The molecule has 1 aliphatic rings. The number of rotatable bonds is 5. The Balaban J connectivity index is 2.23. The highest BCUT2D eigenvalue weighted by atomic mass is 16.5. The summed E-state index contributed by atoms with van der Waals surface area (Å²) < 4.78 is 5.40. The van der Waals surface area contributed by atoms with Crippen molar-refractivity contribution in [3.8, 4) is 0 Å². The summed E-state index contributed by atoms with van der Waals surface area (Å²) >= 11 is 0. The number of nitrogens with one attached hydrogen (secondary N) is 1. The van der Waals surface area contributed by atoms with Crippen LogP contribution in [0.4, 0.5) is 11.8 Å². The van der Waals surface area contributed by atoms with Crippen molar-refractivity contribution < 1.29 is 9.84 Å². The van der Waals surface area contributed by atoms with Crippen LogP contribution in [-0.4, -0.2) is 55.5 Å². The molecule has 0 spiro atoms. The van der Waals surface area contributed by atoms with Gasteiger partial charge in [-0.1, -0.05) is 0 Å². The summed E-state index contributed by atoms with van der Waals surface area (Å²) in [6.07, 6.45) is 1.00. The molecule has 1 saturated heterocycles. The van der Waals surface area contributed by atoms with Crippen LogP contribution >= 0.6 is 0 Å². The molecule has 1 aromatic rings. The van der Waals surface area contributed by atoms with Crippen LogP contribution < -0.4 is 10.2 Å². The number of aliphatic hydroxyl groups excluding tert-OH is 1. The molecule has 1 atom stereocenters. The van der Waals surface area contributed by atoms with Gasteiger partial charge in [0, 0.05) is 39.2 Å². The maximum atomic E-state index is 8.84. The molecule has 6 heteroatoms. The third-order valence-electron chi connectivity index (χ3n) is 2.93. The third-order valence-corrected chi connectivity index (χ3v) is 2.93. The van der Waals surface area contributed by atoms with Gasteiger partial charge in [0.1, 0.15) is 5.82 Å². The lowest BCUT2D eigenvalue weighted by atomic mass is 10.0. The molecule has 0 aromatic carbocycles. The molecule has 0 radical (unpaired) electrons. The minimum atomic E-state index is 0.0669. The van der Waals surface area contributed by atoms with Crippen molar-refractivity contribution in [2.45, 2.75) is 12.3 Å². The molecule has 0 bridgehead atoms. The topological polar surface area (TPSA) is 70.5 Å². The van der Waals surface area contributed by atoms with Gasteiger partial charge in [0.25, 0.3) is 0 Å². The monoisotopic (exact) mass is 252 g/mol. The fraction of sp³-hybridized carbons (Fsp3) is 0.667. The van der Waals surface area contributed by atoms with Gasteiger partial charge in [-0.3, -0.25) is 0 Å². The predicted molar refractivity (Wildman–Crippen MR) is 70.1 cm³/mol. The molecule has 18 heavy (non-hydrogen) atoms. The van der Waals surface area contributed by atoms with Crippen molar-refractivity contribution in [2.24, 2.45) is 0 Å². The largest absolute Gasteiger partial charge is 0.395 e. The second-order valence-corrected chi connectivity index (χ2v) is 4.58. The van der Waals surface area contributed by atoms with E-state index < -0.39 is 0 Å². The number of aliphatic hydroxyl groups is 1. The van der Waals surface area contributed by atoms with Crippen LogP contribution in [-0.2, 0) is 4.74 Å². The normalized spacial score (nSPS) is 18.9. The van der Waals surface area contributed by atoms with Crippen molar-refractivity contribution in [3.05, 3.63) is 11.8 Å². The summed E-state index contributed by atoms with van der Waals surface area (Å²) in [5.74, 6) is 1.78. The molecule has 2 rings (SSSR count). The molecule has 0 amide bonds. The van der Waals surface area contributed by atoms with E-state index in [1.165, 1.54) is 0 Å². The lowest BCUT2D eigenvalue weighted by Crippen LogP contribution is -2.16. The number of aromatic nitrogens is 2. The van der Waals surface area contributed by atoms with Crippen LogP contribution in [0.15, 0.2) is 6.07 Å². The molecule has 2 heterocycles. The zero-order valence-corrected chi connectivity index (χ0v) is 10.9. The number of ether oxygens (including phenoxy) is 1. The summed E-state index contributed by atoms with van der Waals surface area (Å²) in [4.78, 5) is 10.8. The van der Waals surface area contributed by atoms with E-state index in [1.54, 1.807) is 0 Å². The van der Waals surface area contributed by atoms with Gasteiger partial charge in [-0.15, -0.1) is 0 Å². The molecular formula is C12H20N4O2. The molecule has 1 fully saturated rings. The van der Waals surface area contributed by atoms with Crippen molar-refractivity contribution in [1.29, 1.82) is 0 Å². The van der Waals surface area contributed by atoms with E-state index >= 15 is 0 Å². The Morgan fingerprint density at radius 3 is 2.94 bits per heavy atom. The zero-order chi connectivity index (χ0) is 13.0. The molecular weight excluding hydrogens is 232 g/mol. The average molecular weight is 252 g/mol. The van der Waals surface area contributed by atoms with Gasteiger partial charge < -0.3 is 20.1 Å². The van der Waals surface area contributed by atoms with Crippen LogP contribution in [0.25, 0.3) is 0 Å². The van der Waals surface area contributed by atoms with Gasteiger partial charge in [0.15, 0.2) is 0 Å². The summed E-state index contributed by atoms with van der Waals surface area (Å²) in [6.45, 7) is 2.05. The Morgan fingerprint density at radius 1 is 1.50 bits per heavy atom. The minimum Gasteiger partial charge on any atom is -0.395 e. The Morgan fingerprint density at radius 2 is 2.33 bits per heavy atom. The molecule has 1 aliphatic heterocycles. The Kier molecular flexibility index (Phi) is 4.33. The lowest BCUT2D eigenvalue weighted by Gasteiger charge is -2.16. The van der Waals surface area contributed by atoms with E-state index in [0.29, 0.717) is 18.4 Å². The van der Waals surface area contributed by atoms with Gasteiger partial charge >= 0.3 is 0 Å². The van der Waals surface area contributed by atoms with Gasteiger partial charge in [-0.25, -0.2) is 4.98 Å². The smallest absolute Gasteiger partial charge is 0.224 e. The highest BCUT2D eigenvalue weighted by Crippen LogP contribution is 2.26. The summed E-state index contributed by atoms with van der Waals surface area (Å²) in [6, 6.07) is 2.00. The van der Waals surface area contributed by atoms with E-state index in [-0.39, 0.29) is 6.61 Å². The second-order valence-electron chi connectivity index (χ2n) is 4.58. The number of anilines is 2. The van der Waals surface area contributed by atoms with E-state index in [2.05, 4.69) is 15.3 Å². The quantitative estimate of drug-likeness (QED) is 0.793. The van der Waals surface area contributed by atoms with Gasteiger partial charge in [0.2, 0.25) is 5.95 Å². The van der Waals surface area contributed by atoms with E-state index in [1.807, 2.05) is 25.1 Å². The summed E-state index contributed by atoms with van der Waals surface area (Å²) in [7, 11) is 3.90. The molecule has 0 unspecified atom stereocenters. The minimum absolute atomic E-state index is 0.0669. The Bertz CT molecular complexity index is 392. The molecule has 1 aromatic heterocycles. The third kappa shape index (κ3) is 3.08. The highest BCUT2D eigenvalue weighted by molar-refractivity contribution is 5.44. The molecule has 0 saturated carbocycles. The standard InChI is InChI=1S/C12H20N4O2/c1-16(2)11-7-10(9-3-6-18-8-9)14-12(15-11)13-4-5-17/h7,9,17H,3-6,8H2,1-2H3,(H,13,14,15)/t9-/m1/s1. The Hall–Kier alpha value is -1.40. The maximum absolute atomic E-state index is 8.84. The molecule has 100 valence electrons. The van der Waals surface area contributed by atoms with Crippen molar-refractivity contribution in [2.75, 3.05) is 50.7 Å². The van der Waals surface area contributed by atoms with Crippen molar-refractivity contribution >= 4 is 11.8 Å². The highest BCUT2D eigenvalue weighted by Gasteiger charge is 2.21. The Labute approximate surface area is 107 Å². The first-order valence-corrected chi connectivity index (χ1v) is 6.19. The van der Waals surface area contributed by atoms with Gasteiger partial charge in [-0.05, 0) is 6.42 Å². The van der Waals surface area contributed by atoms with Crippen molar-refractivity contribution in [1.82, 2.24) is 9.97 Å². The second kappa shape index (κ2) is 5.97. The number of nitrogens with zero attached hydrogens (tertiary/aromatic N) is 3. The van der Waals surface area contributed by atoms with Crippen LogP contribution in [0.5, 0.6) is 0 Å². The fourth-order valence-corrected chi connectivity index (χ4v) is 1.91. The first kappa shape index (κ1) is 13.0. The van der Waals surface area contributed by atoms with Gasteiger partial charge in [0.05, 0.1) is 18.9 Å². The average Bonchev–Trinajstić information content (AvgIpc) is 2.89. The maximum Gasteiger partial charge on any atom is 0.224 e. The van der Waals surface area contributed by atoms with Crippen LogP contribution in [0.2, 0.25) is 0 Å². The van der Waals surface area contributed by atoms with Crippen LogP contribution in [0.3, 0.4) is 0 Å². The van der Waals surface area contributed by atoms with E-state index in [0.717, 1.165) is 31.1 Å². The van der Waals surface area contributed by atoms with Crippen molar-refractivity contribution in [3.63, 3.8) is 0 Å². The molecule has 6 nitrogen and oxygen atoms in total. The van der Waals surface area contributed by atoms with Gasteiger partial charge in [-0.2, -0.15) is 4.98 Å². The van der Waals surface area contributed by atoms with Crippen LogP contribution in [0, 0.1) is 0 Å². The predicted octanol–water partition coefficient (Wildman–Crippen LogP) is 0.451. The molecule has 2 N–H and O–H groups in total. The SMILES string of the molecule is CN(C)c1cc([C@@H]2CCOC2)nc(NCCO)n1. The molecule has 0 aliphatic carbocycles. The zero-order valence-electron chi connectivity index (χ0n) is 10.9. The summed E-state index contributed by atoms with van der Waals surface area (Å²) in [5.41, 5.74) is 1.01. The number of hydrogen-bond acceptors (Lipinski definition) is 6. The lowest BCUT2D eigenvalue weighted by molar-refractivity contribution is 0.193. The van der Waals surface area contributed by atoms with E-state index in [4.69, 9.17) is 9.84 Å². The summed E-state index contributed by atoms with van der Waals surface area (Å²) in [5, 5.41) is 11.9. The van der Waals surface area contributed by atoms with E-state index in [9.17, 15) is 0 Å². The first-order chi connectivity index (χ1) is 8.70. The first-order valence-electron chi connectivity index (χ1n) is 6.19. The van der Waals surface area contributed by atoms with Crippen LogP contribution in [0.1, 0.15) is 18.0 Å². The fourth-order valence-electron chi connectivity index (χ4n) is 1.91. The number of hydrogen-bond donors (Lipinski definition) is 2.